The van der Waals surface area contributed by atoms with Gasteiger partial charge in [0.25, 0.3) is 11.5 Å². The van der Waals surface area contributed by atoms with Crippen molar-refractivity contribution in [2.75, 3.05) is 5.32 Å². The minimum atomic E-state index is -0.419. The van der Waals surface area contributed by atoms with E-state index in [4.69, 9.17) is 4.42 Å². The van der Waals surface area contributed by atoms with E-state index in [9.17, 15) is 9.59 Å². The molecule has 0 atom stereocenters. The lowest BCUT2D eigenvalue weighted by atomic mass is 10.1. The maximum absolute atomic E-state index is 12.7. The zero-order valence-electron chi connectivity index (χ0n) is 13.0. The summed E-state index contributed by atoms with van der Waals surface area (Å²) in [6.07, 6.45) is 3.05. The monoisotopic (exact) mass is 332 g/mol. The predicted molar refractivity (Wildman–Crippen MR) is 87.9 cm³/mol. The van der Waals surface area contributed by atoms with E-state index < -0.39 is 5.91 Å². The van der Waals surface area contributed by atoms with Crippen molar-refractivity contribution in [3.05, 3.63) is 39.6 Å². The topological polar surface area (TPSA) is 90.0 Å². The van der Waals surface area contributed by atoms with Crippen LogP contribution in [0.3, 0.4) is 0 Å². The average molecular weight is 332 g/mol. The van der Waals surface area contributed by atoms with Crippen LogP contribution in [-0.2, 0) is 6.54 Å². The molecule has 0 saturated heterocycles. The normalized spacial score (nSPS) is 11.3. The molecule has 0 fully saturated rings. The summed E-state index contributed by atoms with van der Waals surface area (Å²) in [6.45, 7) is 6.19. The molecule has 0 unspecified atom stereocenters. The van der Waals surface area contributed by atoms with E-state index in [0.717, 1.165) is 0 Å². The zero-order chi connectivity index (χ0) is 16.6. The molecule has 0 aliphatic heterocycles. The first-order valence-corrected chi connectivity index (χ1v) is 8.04. The molecule has 120 valence electrons. The van der Waals surface area contributed by atoms with Gasteiger partial charge in [0.2, 0.25) is 5.71 Å². The van der Waals surface area contributed by atoms with Crippen molar-refractivity contribution >= 4 is 33.5 Å². The van der Waals surface area contributed by atoms with Gasteiger partial charge in [-0.3, -0.25) is 19.5 Å². The van der Waals surface area contributed by atoms with Crippen molar-refractivity contribution in [1.82, 2.24) is 14.5 Å². The summed E-state index contributed by atoms with van der Waals surface area (Å²) in [6, 6.07) is 0. The molecule has 1 amide bonds. The fourth-order valence-electron chi connectivity index (χ4n) is 2.38. The van der Waals surface area contributed by atoms with E-state index in [0.29, 0.717) is 17.4 Å². The van der Waals surface area contributed by atoms with Crippen LogP contribution < -0.4 is 10.9 Å². The van der Waals surface area contributed by atoms with Crippen LogP contribution in [0.25, 0.3) is 11.1 Å². The fraction of sp³-hybridized carbons (Fsp3) is 0.333. The van der Waals surface area contributed by atoms with Crippen molar-refractivity contribution in [2.24, 2.45) is 5.92 Å². The summed E-state index contributed by atoms with van der Waals surface area (Å²) in [7, 11) is 0. The third kappa shape index (κ3) is 2.89. The first-order valence-electron chi connectivity index (χ1n) is 7.16. The van der Waals surface area contributed by atoms with Gasteiger partial charge in [-0.1, -0.05) is 13.8 Å². The number of carbonyl (C=O) groups excluding carboxylic acids is 1. The number of furan rings is 1. The molecule has 0 aliphatic rings. The van der Waals surface area contributed by atoms with Crippen molar-refractivity contribution < 1.29 is 9.21 Å². The molecule has 0 spiro atoms. The standard InChI is InChI=1S/C15H16N4O3S/c1-8(2)6-19-7-17-13-11(14(19)21)10(9(3)22-13)12(20)18-15-16-4-5-23-15/h4-5,7-8H,6H2,1-3H3,(H,16,18,20). The van der Waals surface area contributed by atoms with Crippen LogP contribution in [0.5, 0.6) is 0 Å². The Morgan fingerprint density at radius 2 is 2.22 bits per heavy atom. The quantitative estimate of drug-likeness (QED) is 0.793. The average Bonchev–Trinajstić information content (AvgIpc) is 3.08. The van der Waals surface area contributed by atoms with Crippen LogP contribution >= 0.6 is 11.3 Å². The molecule has 7 nitrogen and oxygen atoms in total. The van der Waals surface area contributed by atoms with E-state index in [1.165, 1.54) is 22.2 Å². The number of aryl methyl sites for hydroxylation is 1. The molecular weight excluding hydrogens is 316 g/mol. The summed E-state index contributed by atoms with van der Waals surface area (Å²) in [5.74, 6) is 0.228. The second-order valence-electron chi connectivity index (χ2n) is 5.60. The van der Waals surface area contributed by atoms with Crippen molar-refractivity contribution in [3.63, 3.8) is 0 Å². The number of nitrogens with one attached hydrogen (secondary N) is 1. The van der Waals surface area contributed by atoms with Gasteiger partial charge in [0.15, 0.2) is 5.13 Å². The number of hydrogen-bond acceptors (Lipinski definition) is 6. The summed E-state index contributed by atoms with van der Waals surface area (Å²) in [5.41, 5.74) is 0.118. The molecular formula is C15H16N4O3S. The first kappa shape index (κ1) is 15.4. The molecule has 3 aromatic rings. The van der Waals surface area contributed by atoms with E-state index in [1.807, 2.05) is 13.8 Å². The predicted octanol–water partition coefficient (Wildman–Crippen LogP) is 2.66. The molecule has 1 N–H and O–H groups in total. The number of aromatic nitrogens is 3. The maximum atomic E-state index is 12.7. The molecule has 8 heteroatoms. The molecule has 3 rings (SSSR count). The van der Waals surface area contributed by atoms with Crippen molar-refractivity contribution in [1.29, 1.82) is 0 Å². The van der Waals surface area contributed by atoms with Crippen LogP contribution in [0.2, 0.25) is 0 Å². The number of carbonyl (C=O) groups is 1. The van der Waals surface area contributed by atoms with E-state index in [-0.39, 0.29) is 28.1 Å². The van der Waals surface area contributed by atoms with Gasteiger partial charge in [-0.2, -0.15) is 0 Å². The lowest BCUT2D eigenvalue weighted by Crippen LogP contribution is -2.24. The van der Waals surface area contributed by atoms with E-state index in [1.54, 1.807) is 18.5 Å². The molecule has 0 radical (unpaired) electrons. The number of anilines is 1. The number of hydrogen-bond donors (Lipinski definition) is 1. The third-order valence-corrected chi connectivity index (χ3v) is 3.99. The number of fused-ring (bicyclic) bond motifs is 1. The highest BCUT2D eigenvalue weighted by molar-refractivity contribution is 7.13. The first-order chi connectivity index (χ1) is 11.0. The van der Waals surface area contributed by atoms with Gasteiger partial charge in [-0.05, 0) is 12.8 Å². The van der Waals surface area contributed by atoms with Gasteiger partial charge < -0.3 is 4.42 Å². The summed E-state index contributed by atoms with van der Waals surface area (Å²) < 4.78 is 6.98. The van der Waals surface area contributed by atoms with E-state index >= 15 is 0 Å². The van der Waals surface area contributed by atoms with Gasteiger partial charge >= 0.3 is 0 Å². The van der Waals surface area contributed by atoms with Crippen LogP contribution in [0, 0.1) is 12.8 Å². The molecule has 0 bridgehead atoms. The van der Waals surface area contributed by atoms with Crippen molar-refractivity contribution in [2.45, 2.75) is 27.3 Å². The van der Waals surface area contributed by atoms with Gasteiger partial charge in [-0.25, -0.2) is 9.97 Å². The Balaban J connectivity index is 2.10. The van der Waals surface area contributed by atoms with E-state index in [2.05, 4.69) is 15.3 Å². The SMILES string of the molecule is Cc1oc2ncn(CC(C)C)c(=O)c2c1C(=O)Nc1nccs1. The Bertz CT molecular complexity index is 909. The lowest BCUT2D eigenvalue weighted by Gasteiger charge is -2.07. The summed E-state index contributed by atoms with van der Waals surface area (Å²) in [5, 5.41) is 5.11. The van der Waals surface area contributed by atoms with Gasteiger partial charge in [0, 0.05) is 18.1 Å². The largest absolute Gasteiger partial charge is 0.442 e. The Labute approximate surface area is 136 Å². The Hall–Kier alpha value is -2.48. The van der Waals surface area contributed by atoms with Gasteiger partial charge in [0.05, 0.1) is 5.56 Å². The summed E-state index contributed by atoms with van der Waals surface area (Å²) >= 11 is 1.30. The molecule has 0 saturated carbocycles. The second-order valence-corrected chi connectivity index (χ2v) is 6.50. The van der Waals surface area contributed by atoms with Gasteiger partial charge in [-0.15, -0.1) is 11.3 Å². The highest BCUT2D eigenvalue weighted by atomic mass is 32.1. The maximum Gasteiger partial charge on any atom is 0.265 e. The molecule has 3 aromatic heterocycles. The highest BCUT2D eigenvalue weighted by Crippen LogP contribution is 2.22. The zero-order valence-corrected chi connectivity index (χ0v) is 13.8. The smallest absolute Gasteiger partial charge is 0.265 e. The highest BCUT2D eigenvalue weighted by Gasteiger charge is 2.23. The summed E-state index contributed by atoms with van der Waals surface area (Å²) in [4.78, 5) is 33.4. The lowest BCUT2D eigenvalue weighted by molar-refractivity contribution is 0.102. The van der Waals surface area contributed by atoms with Crippen LogP contribution in [0.15, 0.2) is 27.1 Å². The molecule has 3 heterocycles. The molecule has 0 aliphatic carbocycles. The number of thiazole rings is 1. The third-order valence-electron chi connectivity index (χ3n) is 3.30. The number of rotatable bonds is 4. The number of nitrogens with zero attached hydrogens (tertiary/aromatic N) is 3. The Kier molecular flexibility index (Phi) is 3.99. The van der Waals surface area contributed by atoms with Gasteiger partial charge in [0.1, 0.15) is 17.5 Å². The Morgan fingerprint density at radius 3 is 2.87 bits per heavy atom. The minimum absolute atomic E-state index is 0.178. The second kappa shape index (κ2) is 5.96. The number of amides is 1. The molecule has 0 aromatic carbocycles. The van der Waals surface area contributed by atoms with Crippen LogP contribution in [0.1, 0.15) is 30.0 Å². The van der Waals surface area contributed by atoms with Crippen LogP contribution in [0.4, 0.5) is 5.13 Å². The molecule has 23 heavy (non-hydrogen) atoms. The van der Waals surface area contributed by atoms with Crippen molar-refractivity contribution in [3.8, 4) is 0 Å². The Morgan fingerprint density at radius 1 is 1.43 bits per heavy atom. The fourth-order valence-corrected chi connectivity index (χ4v) is 2.90. The van der Waals surface area contributed by atoms with Crippen LogP contribution in [-0.4, -0.2) is 20.4 Å². The minimum Gasteiger partial charge on any atom is -0.442 e.